The minimum Gasteiger partial charge on any atom is -0.399 e. The lowest BCUT2D eigenvalue weighted by molar-refractivity contribution is -0.384. The van der Waals surface area contributed by atoms with Gasteiger partial charge in [-0.1, -0.05) is 11.6 Å². The fraction of sp³-hybridized carbons (Fsp3) is 0.0556. The first-order chi connectivity index (χ1) is 13.2. The van der Waals surface area contributed by atoms with Crippen molar-refractivity contribution in [2.75, 3.05) is 16.0 Å². The van der Waals surface area contributed by atoms with Gasteiger partial charge < -0.3 is 11.1 Å². The standard InChI is InChI=1S/C18H14ClN5O4/c1-11(25)23(14-4-2-13(21)3-5-14)10-12(9-20)18(26)22-17-8-15(24(27)28)6-7-16(17)19/h2-8,10H,21H2,1H3,(H,22,26)/b12-10-. The number of non-ortho nitro benzene ring substituents is 1. The number of halogens is 1. The van der Waals surface area contributed by atoms with Gasteiger partial charge in [-0.2, -0.15) is 5.26 Å². The molecule has 0 fully saturated rings. The van der Waals surface area contributed by atoms with Crippen molar-refractivity contribution in [3.05, 3.63) is 69.4 Å². The first-order valence-electron chi connectivity index (χ1n) is 7.75. The van der Waals surface area contributed by atoms with Gasteiger partial charge in [-0.3, -0.25) is 24.6 Å². The van der Waals surface area contributed by atoms with Crippen LogP contribution in [0.15, 0.2) is 54.2 Å². The third kappa shape index (κ3) is 4.84. The SMILES string of the molecule is CC(=O)N(/C=C(/C#N)C(=O)Nc1cc([N+](=O)[O-])ccc1Cl)c1ccc(N)cc1. The van der Waals surface area contributed by atoms with Crippen LogP contribution in [0, 0.1) is 21.4 Å². The van der Waals surface area contributed by atoms with Crippen molar-refractivity contribution in [2.45, 2.75) is 6.92 Å². The number of anilines is 3. The fourth-order valence-corrected chi connectivity index (χ4v) is 2.33. The smallest absolute Gasteiger partial charge is 0.271 e. The van der Waals surface area contributed by atoms with Crippen LogP contribution >= 0.6 is 11.6 Å². The summed E-state index contributed by atoms with van der Waals surface area (Å²) in [5.74, 6) is -1.33. The quantitative estimate of drug-likeness (QED) is 0.260. The lowest BCUT2D eigenvalue weighted by Gasteiger charge is -2.17. The maximum Gasteiger partial charge on any atom is 0.271 e. The first-order valence-corrected chi connectivity index (χ1v) is 8.13. The number of rotatable bonds is 5. The Hall–Kier alpha value is -3.90. The number of hydrogen-bond donors (Lipinski definition) is 2. The van der Waals surface area contributed by atoms with Crippen molar-refractivity contribution in [1.29, 1.82) is 5.26 Å². The lowest BCUT2D eigenvalue weighted by atomic mass is 10.2. The molecule has 0 aliphatic heterocycles. The highest BCUT2D eigenvalue weighted by Gasteiger charge is 2.18. The molecule has 0 aliphatic rings. The Morgan fingerprint density at radius 1 is 1.29 bits per heavy atom. The minimum absolute atomic E-state index is 0.0381. The van der Waals surface area contributed by atoms with Crippen LogP contribution in [0.5, 0.6) is 0 Å². The second-order valence-electron chi connectivity index (χ2n) is 5.51. The monoisotopic (exact) mass is 399 g/mol. The van der Waals surface area contributed by atoms with Gasteiger partial charge in [-0.25, -0.2) is 0 Å². The number of hydrogen-bond acceptors (Lipinski definition) is 6. The summed E-state index contributed by atoms with van der Waals surface area (Å²) in [5, 5.41) is 22.6. The van der Waals surface area contributed by atoms with E-state index in [2.05, 4.69) is 5.32 Å². The molecule has 2 amide bonds. The van der Waals surface area contributed by atoms with Gasteiger partial charge in [0.05, 0.1) is 15.6 Å². The van der Waals surface area contributed by atoms with Gasteiger partial charge >= 0.3 is 0 Å². The van der Waals surface area contributed by atoms with Gasteiger partial charge in [-0.05, 0) is 30.3 Å². The molecule has 9 nitrogen and oxygen atoms in total. The predicted octanol–water partition coefficient (Wildman–Crippen LogP) is 3.23. The summed E-state index contributed by atoms with van der Waals surface area (Å²) in [5.41, 5.74) is 5.77. The number of nitriles is 1. The van der Waals surface area contributed by atoms with E-state index in [0.717, 1.165) is 17.2 Å². The Balaban J connectivity index is 2.35. The molecule has 0 aromatic heterocycles. The number of nitrogen functional groups attached to an aromatic ring is 1. The van der Waals surface area contributed by atoms with Crippen molar-refractivity contribution < 1.29 is 14.5 Å². The summed E-state index contributed by atoms with van der Waals surface area (Å²) in [7, 11) is 0. The summed E-state index contributed by atoms with van der Waals surface area (Å²) in [6, 6.07) is 11.4. The van der Waals surface area contributed by atoms with E-state index in [1.54, 1.807) is 30.3 Å². The zero-order chi connectivity index (χ0) is 20.8. The molecule has 3 N–H and O–H groups in total. The van der Waals surface area contributed by atoms with E-state index in [1.807, 2.05) is 0 Å². The third-order valence-corrected chi connectivity index (χ3v) is 3.87. The maximum atomic E-state index is 12.4. The number of nitro benzene ring substituents is 1. The molecule has 0 saturated carbocycles. The van der Waals surface area contributed by atoms with Crippen molar-refractivity contribution in [2.24, 2.45) is 0 Å². The Kier molecular flexibility index (Phi) is 6.31. The van der Waals surface area contributed by atoms with Crippen LogP contribution in [0.2, 0.25) is 5.02 Å². The number of nitro groups is 1. The van der Waals surface area contributed by atoms with Crippen molar-refractivity contribution >= 4 is 46.2 Å². The first kappa shape index (κ1) is 20.4. The molecule has 0 unspecified atom stereocenters. The molecule has 2 aromatic rings. The molecule has 0 heterocycles. The summed E-state index contributed by atoms with van der Waals surface area (Å²) >= 11 is 5.94. The van der Waals surface area contributed by atoms with Gasteiger partial charge in [0.1, 0.15) is 11.6 Å². The van der Waals surface area contributed by atoms with E-state index < -0.39 is 22.3 Å². The average Bonchev–Trinajstić information content (AvgIpc) is 2.64. The molecule has 0 bridgehead atoms. The second kappa shape index (κ2) is 8.66. The maximum absolute atomic E-state index is 12.4. The molecule has 0 saturated heterocycles. The highest BCUT2D eigenvalue weighted by atomic mass is 35.5. The third-order valence-electron chi connectivity index (χ3n) is 3.54. The summed E-state index contributed by atoms with van der Waals surface area (Å²) in [6.07, 6.45) is 1.06. The zero-order valence-electron chi connectivity index (χ0n) is 14.5. The number of carbonyl (C=O) groups excluding carboxylic acids is 2. The zero-order valence-corrected chi connectivity index (χ0v) is 15.3. The van der Waals surface area contributed by atoms with Crippen LogP contribution in [0.25, 0.3) is 0 Å². The molecule has 0 aliphatic carbocycles. The van der Waals surface area contributed by atoms with Crippen molar-refractivity contribution in [1.82, 2.24) is 0 Å². The van der Waals surface area contributed by atoms with E-state index in [4.69, 9.17) is 17.3 Å². The molecule has 0 radical (unpaired) electrons. The van der Waals surface area contributed by atoms with E-state index in [9.17, 15) is 25.0 Å². The predicted molar refractivity (Wildman–Crippen MR) is 104 cm³/mol. The number of nitrogens with zero attached hydrogens (tertiary/aromatic N) is 3. The molecular weight excluding hydrogens is 386 g/mol. The lowest BCUT2D eigenvalue weighted by Crippen LogP contribution is -2.25. The number of nitrogens with one attached hydrogen (secondary N) is 1. The van der Waals surface area contributed by atoms with Crippen LogP contribution in [0.1, 0.15) is 6.92 Å². The highest BCUT2D eigenvalue weighted by Crippen LogP contribution is 2.27. The van der Waals surface area contributed by atoms with Crippen LogP contribution in [0.3, 0.4) is 0 Å². The second-order valence-corrected chi connectivity index (χ2v) is 5.92. The van der Waals surface area contributed by atoms with E-state index in [-0.39, 0.29) is 16.4 Å². The number of amides is 2. The van der Waals surface area contributed by atoms with Gasteiger partial charge in [0.2, 0.25) is 5.91 Å². The molecule has 0 atom stereocenters. The van der Waals surface area contributed by atoms with Gasteiger partial charge in [0.15, 0.2) is 0 Å². The van der Waals surface area contributed by atoms with Crippen LogP contribution in [-0.4, -0.2) is 16.7 Å². The Morgan fingerprint density at radius 3 is 2.46 bits per heavy atom. The van der Waals surface area contributed by atoms with Crippen molar-refractivity contribution in [3.63, 3.8) is 0 Å². The topological polar surface area (TPSA) is 142 Å². The Labute approximate surface area is 164 Å². The molecule has 2 rings (SSSR count). The molecule has 2 aromatic carbocycles. The van der Waals surface area contributed by atoms with E-state index in [0.29, 0.717) is 11.4 Å². The summed E-state index contributed by atoms with van der Waals surface area (Å²) < 4.78 is 0. The van der Waals surface area contributed by atoms with Crippen LogP contribution in [-0.2, 0) is 9.59 Å². The van der Waals surface area contributed by atoms with Crippen LogP contribution in [0.4, 0.5) is 22.7 Å². The fourth-order valence-electron chi connectivity index (χ4n) is 2.16. The number of benzene rings is 2. The summed E-state index contributed by atoms with van der Waals surface area (Å²) in [4.78, 5) is 35.7. The number of carbonyl (C=O) groups is 2. The van der Waals surface area contributed by atoms with Crippen molar-refractivity contribution in [3.8, 4) is 6.07 Å². The van der Waals surface area contributed by atoms with Gasteiger partial charge in [0.25, 0.3) is 11.6 Å². The summed E-state index contributed by atoms with van der Waals surface area (Å²) in [6.45, 7) is 1.26. The molecule has 28 heavy (non-hydrogen) atoms. The Bertz CT molecular complexity index is 1010. The van der Waals surface area contributed by atoms with E-state index in [1.165, 1.54) is 19.1 Å². The normalized spacial score (nSPS) is 10.7. The number of nitrogens with two attached hydrogens (primary N) is 1. The average molecular weight is 400 g/mol. The molecule has 142 valence electrons. The highest BCUT2D eigenvalue weighted by molar-refractivity contribution is 6.34. The van der Waals surface area contributed by atoms with Crippen LogP contribution < -0.4 is 16.0 Å². The largest absolute Gasteiger partial charge is 0.399 e. The van der Waals surface area contributed by atoms with Gasteiger partial charge in [0, 0.05) is 36.6 Å². The van der Waals surface area contributed by atoms with E-state index >= 15 is 0 Å². The van der Waals surface area contributed by atoms with Gasteiger partial charge in [-0.15, -0.1) is 0 Å². The molecule has 0 spiro atoms. The minimum atomic E-state index is -0.883. The molecular formula is C18H14ClN5O4. The molecule has 10 heteroatoms. The Morgan fingerprint density at radius 2 is 1.93 bits per heavy atom.